The number of hydrogen-bond donors (Lipinski definition) is 0. The van der Waals surface area contributed by atoms with Crippen LogP contribution in [0.2, 0.25) is 0 Å². The first kappa shape index (κ1) is 19.8. The van der Waals surface area contributed by atoms with E-state index in [0.717, 1.165) is 17.5 Å². The number of rotatable bonds is 4. The first-order valence-electron chi connectivity index (χ1n) is 9.82. The van der Waals surface area contributed by atoms with E-state index in [4.69, 9.17) is 0 Å². The molecule has 1 saturated heterocycles. The van der Waals surface area contributed by atoms with Crippen molar-refractivity contribution >= 4 is 10.0 Å². The zero-order valence-electron chi connectivity index (χ0n) is 16.3. The predicted molar refractivity (Wildman–Crippen MR) is 113 cm³/mol. The van der Waals surface area contributed by atoms with E-state index in [0.29, 0.717) is 18.0 Å². The number of nitrogens with zero attached hydrogens (tertiary/aromatic N) is 1. The molecule has 29 heavy (non-hydrogen) atoms. The van der Waals surface area contributed by atoms with Crippen LogP contribution in [0.25, 0.3) is 0 Å². The molecule has 3 nitrogen and oxygen atoms in total. The standard InChI is InChI=1S/C24H24FNO2S/c1-18-7-13-22(14-8-18)29(27,28)26-16-15-23(19-5-3-2-4-6-19)24(17-26)20-9-11-21(25)12-10-20/h2-14,23-24H,15-17H2,1H3/t23-,24+/m0/s1. The first-order chi connectivity index (χ1) is 13.9. The SMILES string of the molecule is Cc1ccc(S(=O)(=O)N2CC[C@@H](c3ccccc3)[C@@H](c3ccc(F)cc3)C2)cc1. The molecule has 5 heteroatoms. The fourth-order valence-electron chi connectivity index (χ4n) is 4.15. The van der Waals surface area contributed by atoms with Gasteiger partial charge >= 0.3 is 0 Å². The number of piperidine rings is 1. The minimum Gasteiger partial charge on any atom is -0.207 e. The highest BCUT2D eigenvalue weighted by atomic mass is 32.2. The van der Waals surface area contributed by atoms with E-state index in [1.165, 1.54) is 17.7 Å². The van der Waals surface area contributed by atoms with E-state index < -0.39 is 10.0 Å². The predicted octanol–water partition coefficient (Wildman–Crippen LogP) is 5.10. The van der Waals surface area contributed by atoms with Gasteiger partial charge in [0.25, 0.3) is 0 Å². The second-order valence-electron chi connectivity index (χ2n) is 7.64. The Balaban J connectivity index is 1.68. The summed E-state index contributed by atoms with van der Waals surface area (Å²) in [6.45, 7) is 2.78. The van der Waals surface area contributed by atoms with Crippen LogP contribution in [-0.4, -0.2) is 25.8 Å². The van der Waals surface area contributed by atoms with Gasteiger partial charge in [0.15, 0.2) is 0 Å². The summed E-state index contributed by atoms with van der Waals surface area (Å²) in [5.41, 5.74) is 3.18. The molecule has 4 rings (SSSR count). The Labute approximate surface area is 171 Å². The minimum absolute atomic E-state index is 0.0352. The maximum atomic E-state index is 13.5. The van der Waals surface area contributed by atoms with Gasteiger partial charge in [0.2, 0.25) is 10.0 Å². The Morgan fingerprint density at radius 3 is 2.10 bits per heavy atom. The summed E-state index contributed by atoms with van der Waals surface area (Å²) in [6.07, 6.45) is 0.719. The Bertz CT molecular complexity index is 1060. The van der Waals surface area contributed by atoms with Crippen LogP contribution in [0.4, 0.5) is 4.39 Å². The highest BCUT2D eigenvalue weighted by Gasteiger charge is 2.37. The average Bonchev–Trinajstić information content (AvgIpc) is 2.75. The molecule has 0 aliphatic carbocycles. The fraction of sp³-hybridized carbons (Fsp3) is 0.250. The summed E-state index contributed by atoms with van der Waals surface area (Å²) in [4.78, 5) is 0.319. The highest BCUT2D eigenvalue weighted by molar-refractivity contribution is 7.89. The van der Waals surface area contributed by atoms with Gasteiger partial charge in [-0.2, -0.15) is 4.31 Å². The van der Waals surface area contributed by atoms with Crippen LogP contribution >= 0.6 is 0 Å². The first-order valence-corrected chi connectivity index (χ1v) is 11.3. The Hall–Kier alpha value is -2.50. The summed E-state index contributed by atoms with van der Waals surface area (Å²) in [5, 5.41) is 0. The van der Waals surface area contributed by atoms with E-state index in [1.807, 2.05) is 37.3 Å². The fourth-order valence-corrected chi connectivity index (χ4v) is 5.63. The molecule has 0 spiro atoms. The van der Waals surface area contributed by atoms with E-state index in [1.54, 1.807) is 28.6 Å². The molecule has 0 bridgehead atoms. The molecule has 1 aliphatic rings. The number of hydrogen-bond acceptors (Lipinski definition) is 2. The zero-order valence-corrected chi connectivity index (χ0v) is 17.1. The van der Waals surface area contributed by atoms with Crippen molar-refractivity contribution in [2.75, 3.05) is 13.1 Å². The summed E-state index contributed by atoms with van der Waals surface area (Å²) in [5.74, 6) is -0.136. The van der Waals surface area contributed by atoms with Gasteiger partial charge in [-0.3, -0.25) is 0 Å². The maximum Gasteiger partial charge on any atom is 0.243 e. The molecule has 3 aromatic rings. The van der Waals surface area contributed by atoms with Crippen LogP contribution in [0, 0.1) is 12.7 Å². The van der Waals surface area contributed by atoms with Crippen LogP contribution in [0.5, 0.6) is 0 Å². The molecule has 0 radical (unpaired) electrons. The van der Waals surface area contributed by atoms with E-state index in [2.05, 4.69) is 12.1 Å². The Kier molecular flexibility index (Phi) is 5.52. The van der Waals surface area contributed by atoms with E-state index in [9.17, 15) is 12.8 Å². The van der Waals surface area contributed by atoms with Crippen LogP contribution in [0.1, 0.15) is 34.9 Å². The van der Waals surface area contributed by atoms with Crippen LogP contribution in [-0.2, 0) is 10.0 Å². The number of benzene rings is 3. The lowest BCUT2D eigenvalue weighted by Gasteiger charge is -2.38. The van der Waals surface area contributed by atoms with Gasteiger partial charge in [-0.1, -0.05) is 60.2 Å². The Morgan fingerprint density at radius 2 is 1.45 bits per heavy atom. The van der Waals surface area contributed by atoms with Crippen molar-refractivity contribution in [1.82, 2.24) is 4.31 Å². The smallest absolute Gasteiger partial charge is 0.207 e. The van der Waals surface area contributed by atoms with Crippen molar-refractivity contribution in [2.24, 2.45) is 0 Å². The van der Waals surface area contributed by atoms with Gasteiger partial charge in [-0.05, 0) is 54.7 Å². The van der Waals surface area contributed by atoms with Crippen LogP contribution < -0.4 is 0 Å². The van der Waals surface area contributed by atoms with Gasteiger partial charge in [0, 0.05) is 19.0 Å². The monoisotopic (exact) mass is 409 g/mol. The summed E-state index contributed by atoms with van der Waals surface area (Å²) < 4.78 is 41.5. The largest absolute Gasteiger partial charge is 0.243 e. The third-order valence-corrected chi connectivity index (χ3v) is 7.64. The van der Waals surface area contributed by atoms with Crippen molar-refractivity contribution in [1.29, 1.82) is 0 Å². The number of halogens is 1. The molecular formula is C24H24FNO2S. The lowest BCUT2D eigenvalue weighted by molar-refractivity contribution is 0.285. The lowest BCUT2D eigenvalue weighted by atomic mass is 9.77. The normalized spacial score (nSPS) is 20.5. The molecular weight excluding hydrogens is 385 g/mol. The molecule has 150 valence electrons. The average molecular weight is 410 g/mol. The molecule has 2 atom stereocenters. The molecule has 0 N–H and O–H groups in total. The van der Waals surface area contributed by atoms with Crippen LogP contribution in [0.15, 0.2) is 83.8 Å². The number of sulfonamides is 1. The van der Waals surface area contributed by atoms with Crippen molar-refractivity contribution in [2.45, 2.75) is 30.1 Å². The second-order valence-corrected chi connectivity index (χ2v) is 9.58. The zero-order chi connectivity index (χ0) is 20.4. The van der Waals surface area contributed by atoms with Gasteiger partial charge in [-0.15, -0.1) is 0 Å². The third-order valence-electron chi connectivity index (χ3n) is 5.76. The second kappa shape index (κ2) is 8.09. The topological polar surface area (TPSA) is 37.4 Å². The Morgan fingerprint density at radius 1 is 0.828 bits per heavy atom. The lowest BCUT2D eigenvalue weighted by Crippen LogP contribution is -2.42. The van der Waals surface area contributed by atoms with Crippen molar-refractivity contribution < 1.29 is 12.8 Å². The molecule has 0 unspecified atom stereocenters. The molecule has 3 aromatic carbocycles. The molecule has 0 aromatic heterocycles. The van der Waals surface area contributed by atoms with Crippen LogP contribution in [0.3, 0.4) is 0 Å². The van der Waals surface area contributed by atoms with Gasteiger partial charge in [0.1, 0.15) is 5.82 Å². The molecule has 1 aliphatic heterocycles. The van der Waals surface area contributed by atoms with Gasteiger partial charge < -0.3 is 0 Å². The minimum atomic E-state index is -3.57. The van der Waals surface area contributed by atoms with Crippen molar-refractivity contribution in [3.63, 3.8) is 0 Å². The van der Waals surface area contributed by atoms with E-state index >= 15 is 0 Å². The molecule has 1 heterocycles. The number of aryl methyl sites for hydroxylation is 1. The van der Waals surface area contributed by atoms with Gasteiger partial charge in [0.05, 0.1) is 4.90 Å². The highest BCUT2D eigenvalue weighted by Crippen LogP contribution is 2.41. The van der Waals surface area contributed by atoms with Gasteiger partial charge in [-0.25, -0.2) is 12.8 Å². The van der Waals surface area contributed by atoms with E-state index in [-0.39, 0.29) is 17.7 Å². The summed E-state index contributed by atoms with van der Waals surface area (Å²) in [6, 6.07) is 23.6. The van der Waals surface area contributed by atoms with Crippen molar-refractivity contribution in [3.8, 4) is 0 Å². The third kappa shape index (κ3) is 4.11. The molecule has 0 amide bonds. The maximum absolute atomic E-state index is 13.5. The quantitative estimate of drug-likeness (QED) is 0.601. The van der Waals surface area contributed by atoms with Crippen molar-refractivity contribution in [3.05, 3.63) is 101 Å². The molecule has 1 fully saturated rings. The summed E-state index contributed by atoms with van der Waals surface area (Å²) >= 11 is 0. The summed E-state index contributed by atoms with van der Waals surface area (Å²) in [7, 11) is -3.57. The molecule has 0 saturated carbocycles.